The van der Waals surface area contributed by atoms with E-state index in [9.17, 15) is 18.7 Å². The van der Waals surface area contributed by atoms with Crippen molar-refractivity contribution in [1.29, 1.82) is 0 Å². The van der Waals surface area contributed by atoms with E-state index in [1.165, 1.54) is 18.3 Å². The molecule has 0 aliphatic heterocycles. The Labute approximate surface area is 258 Å². The van der Waals surface area contributed by atoms with E-state index < -0.39 is 12.0 Å². The molecule has 2 N–H and O–H groups in total. The minimum Gasteiger partial charge on any atom is -0.462 e. The van der Waals surface area contributed by atoms with E-state index in [1.54, 1.807) is 13.1 Å². The number of carbonyl (C=O) groups excluding carboxylic acids is 1. The summed E-state index contributed by atoms with van der Waals surface area (Å²) in [5, 5.41) is 14.6. The molecule has 236 valence electrons. The fourth-order valence-electron chi connectivity index (χ4n) is 6.55. The molecule has 0 radical (unpaired) electrons. The molecule has 1 atom stereocenters. The number of anilines is 2. The van der Waals surface area contributed by atoms with E-state index in [1.807, 2.05) is 31.2 Å². The molecule has 0 saturated heterocycles. The highest BCUT2D eigenvalue weighted by Crippen LogP contribution is 2.41. The molecule has 2 saturated carbocycles. The third kappa shape index (κ3) is 7.58. The number of nitrogens with zero attached hydrogens (tertiary/aromatic N) is 4. The number of aryl methyl sites for hydroxylation is 1. The lowest BCUT2D eigenvalue weighted by atomic mass is 9.73. The van der Waals surface area contributed by atoms with Gasteiger partial charge in [-0.3, -0.25) is 9.78 Å². The Morgan fingerprint density at radius 3 is 2.36 bits per heavy atom. The average Bonchev–Trinajstić information content (AvgIpc) is 3.01. The zero-order valence-corrected chi connectivity index (χ0v) is 26.0. The summed E-state index contributed by atoms with van der Waals surface area (Å²) in [4.78, 5) is 28.6. The summed E-state index contributed by atoms with van der Waals surface area (Å²) in [6.45, 7) is 3.72. The summed E-state index contributed by atoms with van der Waals surface area (Å²) in [5.74, 6) is 0.533. The molecule has 0 aromatic carbocycles. The number of aliphatic hydroxyl groups is 1. The maximum atomic E-state index is 13.1. The molecule has 8 nitrogen and oxygen atoms in total. The number of ether oxygens (including phenoxy) is 1. The first-order valence-electron chi connectivity index (χ1n) is 15.6. The van der Waals surface area contributed by atoms with Crippen LogP contribution in [0, 0.1) is 18.8 Å². The number of pyridine rings is 3. The molecule has 2 fully saturated rings. The first-order valence-corrected chi connectivity index (χ1v) is 15.6. The smallest absolute Gasteiger partial charge is 0.309 e. The quantitative estimate of drug-likeness (QED) is 0.252. The Hall–Kier alpha value is -3.50. The topological polar surface area (TPSA) is 100 Å². The van der Waals surface area contributed by atoms with E-state index in [2.05, 4.69) is 39.3 Å². The van der Waals surface area contributed by atoms with Crippen molar-refractivity contribution in [2.75, 3.05) is 19.4 Å². The van der Waals surface area contributed by atoms with Crippen LogP contribution < -0.4 is 5.32 Å². The Morgan fingerprint density at radius 2 is 1.73 bits per heavy atom. The van der Waals surface area contributed by atoms with Gasteiger partial charge in [-0.05, 0) is 127 Å². The van der Waals surface area contributed by atoms with Crippen LogP contribution >= 0.6 is 0 Å². The molecule has 3 aromatic heterocycles. The summed E-state index contributed by atoms with van der Waals surface area (Å²) in [7, 11) is 4.21. The highest BCUT2D eigenvalue weighted by atomic mass is 19.3. The fraction of sp³-hybridized carbons (Fsp3) is 0.529. The van der Waals surface area contributed by atoms with Crippen LogP contribution in [0.1, 0.15) is 81.5 Å². The molecule has 0 spiro atoms. The van der Waals surface area contributed by atoms with Crippen molar-refractivity contribution in [3.05, 3.63) is 65.6 Å². The second-order valence-electron chi connectivity index (χ2n) is 12.8. The Bertz CT molecular complexity index is 1420. The van der Waals surface area contributed by atoms with E-state index >= 15 is 0 Å². The Kier molecular flexibility index (Phi) is 9.90. The van der Waals surface area contributed by atoms with Gasteiger partial charge in [0.15, 0.2) is 0 Å². The monoisotopic (exact) mass is 607 g/mol. The van der Waals surface area contributed by atoms with Crippen LogP contribution in [0.3, 0.4) is 0 Å². The van der Waals surface area contributed by atoms with Crippen molar-refractivity contribution in [2.24, 2.45) is 11.8 Å². The molecule has 10 heteroatoms. The van der Waals surface area contributed by atoms with E-state index in [4.69, 9.17) is 4.74 Å². The SMILES string of the molecule is Cc1cc(Nc2cc(C(F)F)ccn2)nc(-c2ccc([C@](C)(O)C3CCC(C(=O)OC4CCC(N(C)C)CC4)CC3)nc2)c1. The summed E-state index contributed by atoms with van der Waals surface area (Å²) in [6, 6.07) is 10.6. The second kappa shape index (κ2) is 13.6. The average molecular weight is 608 g/mol. The fourth-order valence-corrected chi connectivity index (χ4v) is 6.55. The molecule has 0 amide bonds. The van der Waals surface area contributed by atoms with E-state index in [0.717, 1.165) is 49.7 Å². The number of halogens is 2. The highest BCUT2D eigenvalue weighted by molar-refractivity contribution is 5.72. The molecule has 3 aromatic rings. The predicted octanol–water partition coefficient (Wildman–Crippen LogP) is 6.96. The number of rotatable bonds is 9. The molecule has 44 heavy (non-hydrogen) atoms. The van der Waals surface area contributed by atoms with Gasteiger partial charge < -0.3 is 20.1 Å². The third-order valence-electron chi connectivity index (χ3n) is 9.35. The molecule has 0 bridgehead atoms. The maximum absolute atomic E-state index is 13.1. The van der Waals surface area contributed by atoms with Crippen LogP contribution in [0.2, 0.25) is 0 Å². The van der Waals surface area contributed by atoms with Crippen LogP contribution in [-0.2, 0) is 15.1 Å². The van der Waals surface area contributed by atoms with Crippen molar-refractivity contribution in [1.82, 2.24) is 19.9 Å². The van der Waals surface area contributed by atoms with E-state index in [0.29, 0.717) is 36.1 Å². The first-order chi connectivity index (χ1) is 21.0. The summed E-state index contributed by atoms with van der Waals surface area (Å²) >= 11 is 0. The summed E-state index contributed by atoms with van der Waals surface area (Å²) in [6.07, 6.45) is 7.25. The normalized spacial score (nSPS) is 23.8. The lowest BCUT2D eigenvalue weighted by molar-refractivity contribution is -0.158. The number of carbonyl (C=O) groups is 1. The van der Waals surface area contributed by atoms with Crippen molar-refractivity contribution in [3.8, 4) is 11.3 Å². The van der Waals surface area contributed by atoms with Gasteiger partial charge in [0.1, 0.15) is 23.3 Å². The van der Waals surface area contributed by atoms with Gasteiger partial charge >= 0.3 is 5.97 Å². The zero-order valence-electron chi connectivity index (χ0n) is 26.0. The summed E-state index contributed by atoms with van der Waals surface area (Å²) < 4.78 is 32.1. The van der Waals surface area contributed by atoms with Crippen LogP contribution in [0.4, 0.5) is 20.4 Å². The van der Waals surface area contributed by atoms with Gasteiger partial charge in [-0.25, -0.2) is 18.7 Å². The van der Waals surface area contributed by atoms with E-state index in [-0.39, 0.29) is 35.3 Å². The molecule has 2 aliphatic carbocycles. The largest absolute Gasteiger partial charge is 0.462 e. The molecular weight excluding hydrogens is 564 g/mol. The minimum atomic E-state index is -2.59. The number of aromatic nitrogens is 3. The van der Waals surface area contributed by atoms with Crippen molar-refractivity contribution >= 4 is 17.6 Å². The van der Waals surface area contributed by atoms with Gasteiger partial charge in [-0.2, -0.15) is 0 Å². The minimum absolute atomic E-state index is 0.0188. The van der Waals surface area contributed by atoms with Gasteiger partial charge in [0, 0.05) is 29.6 Å². The van der Waals surface area contributed by atoms with Gasteiger partial charge in [-0.1, -0.05) is 0 Å². The zero-order chi connectivity index (χ0) is 31.4. The van der Waals surface area contributed by atoms with Crippen LogP contribution in [-0.4, -0.2) is 57.2 Å². The van der Waals surface area contributed by atoms with Crippen LogP contribution in [0.5, 0.6) is 0 Å². The predicted molar refractivity (Wildman–Crippen MR) is 166 cm³/mol. The lowest BCUT2D eigenvalue weighted by Crippen LogP contribution is -2.38. The van der Waals surface area contributed by atoms with Crippen LogP contribution in [0.15, 0.2) is 48.8 Å². The maximum Gasteiger partial charge on any atom is 0.309 e. The van der Waals surface area contributed by atoms with Crippen molar-refractivity contribution in [2.45, 2.75) is 89.4 Å². The Balaban J connectivity index is 1.18. The van der Waals surface area contributed by atoms with Gasteiger partial charge in [-0.15, -0.1) is 0 Å². The summed E-state index contributed by atoms with van der Waals surface area (Å²) in [5.41, 5.74) is 1.65. The lowest BCUT2D eigenvalue weighted by Gasteiger charge is -2.38. The molecule has 2 aliphatic rings. The molecule has 3 heterocycles. The van der Waals surface area contributed by atoms with Gasteiger partial charge in [0.2, 0.25) is 0 Å². The molecular formula is C34H43F2N5O3. The van der Waals surface area contributed by atoms with Crippen molar-refractivity contribution in [3.63, 3.8) is 0 Å². The first kappa shape index (κ1) is 31.9. The number of nitrogens with one attached hydrogen (secondary N) is 1. The Morgan fingerprint density at radius 1 is 1.00 bits per heavy atom. The van der Waals surface area contributed by atoms with Crippen LogP contribution in [0.25, 0.3) is 11.3 Å². The van der Waals surface area contributed by atoms with Gasteiger partial charge in [0.25, 0.3) is 6.43 Å². The highest BCUT2D eigenvalue weighted by Gasteiger charge is 2.40. The molecule has 5 rings (SSSR count). The number of hydrogen-bond donors (Lipinski definition) is 2. The third-order valence-corrected chi connectivity index (χ3v) is 9.35. The second-order valence-corrected chi connectivity index (χ2v) is 12.8. The standard InChI is InChI=1S/C34H43F2N5O3/c1-21-17-28(39-31(18-21)40-30-19-23(32(35)36)15-16-37-30)24-7-14-29(38-20-24)34(2,43)25-8-5-22(6-9-25)33(42)44-27-12-10-26(11-13-27)41(3)4/h7,14-20,22,25-27,32,43H,5-6,8-13H2,1-4H3,(H,37,39,40)/t22?,25?,26?,27?,34-/m1/s1. The van der Waals surface area contributed by atoms with Gasteiger partial charge in [0.05, 0.1) is 17.3 Å². The number of hydrogen-bond acceptors (Lipinski definition) is 8. The number of esters is 1. The molecule has 0 unspecified atom stereocenters. The van der Waals surface area contributed by atoms with Crippen molar-refractivity contribution < 1.29 is 23.4 Å². The number of alkyl halides is 2.